The van der Waals surface area contributed by atoms with Crippen LogP contribution in [0.1, 0.15) is 10.4 Å². The van der Waals surface area contributed by atoms with E-state index in [-0.39, 0.29) is 5.11 Å². The van der Waals surface area contributed by atoms with Crippen molar-refractivity contribution in [3.8, 4) is 0 Å². The molecule has 0 saturated carbocycles. The number of hydrogen-bond acceptors (Lipinski definition) is 2. The molecule has 16 heavy (non-hydrogen) atoms. The van der Waals surface area contributed by atoms with E-state index in [1.165, 1.54) is 0 Å². The second kappa shape index (κ2) is 4.79. The summed E-state index contributed by atoms with van der Waals surface area (Å²) in [5.74, 6) is -4.91. The molecular weight excluding hydrogens is 243 g/mol. The summed E-state index contributed by atoms with van der Waals surface area (Å²) in [4.78, 5) is 11.2. The predicted molar refractivity (Wildman–Crippen MR) is 53.7 cm³/mol. The number of halogens is 3. The lowest BCUT2D eigenvalue weighted by molar-refractivity contribution is 0.0935. The van der Waals surface area contributed by atoms with E-state index >= 15 is 0 Å². The third-order valence-electron chi connectivity index (χ3n) is 1.53. The first-order valence-corrected chi connectivity index (χ1v) is 4.33. The fraction of sp³-hybridized carbons (Fsp3) is 0. The Bertz CT molecular complexity index is 429. The van der Waals surface area contributed by atoms with Gasteiger partial charge in [-0.1, -0.05) is 0 Å². The zero-order chi connectivity index (χ0) is 12.3. The highest BCUT2D eigenvalue weighted by Crippen LogP contribution is 2.14. The summed E-state index contributed by atoms with van der Waals surface area (Å²) < 4.78 is 38.6. The molecular formula is C8H6F3N3OS. The van der Waals surface area contributed by atoms with Crippen LogP contribution in [0.15, 0.2) is 12.1 Å². The minimum Gasteiger partial charge on any atom is -0.375 e. The molecule has 4 nitrogen and oxygen atoms in total. The first-order valence-electron chi connectivity index (χ1n) is 3.92. The van der Waals surface area contributed by atoms with Crippen molar-refractivity contribution in [2.45, 2.75) is 0 Å². The van der Waals surface area contributed by atoms with Crippen molar-refractivity contribution in [3.63, 3.8) is 0 Å². The van der Waals surface area contributed by atoms with Crippen molar-refractivity contribution in [2.24, 2.45) is 5.73 Å². The number of rotatable bonds is 1. The molecule has 4 N–H and O–H groups in total. The minimum atomic E-state index is -1.32. The van der Waals surface area contributed by atoms with Crippen molar-refractivity contribution >= 4 is 23.2 Å². The van der Waals surface area contributed by atoms with Gasteiger partial charge in [-0.15, -0.1) is 0 Å². The number of amides is 1. The van der Waals surface area contributed by atoms with Crippen LogP contribution in [0.5, 0.6) is 0 Å². The Morgan fingerprint density at radius 2 is 1.69 bits per heavy atom. The highest BCUT2D eigenvalue weighted by atomic mass is 32.1. The standard InChI is InChI=1S/C8H6F3N3OS/c9-3-1-4(10)6(5(11)2-3)7(15)13-14-8(12)16/h1-2H,(H,13,15)(H3,12,14,16). The highest BCUT2D eigenvalue weighted by molar-refractivity contribution is 7.80. The van der Waals surface area contributed by atoms with E-state index < -0.39 is 28.9 Å². The molecule has 86 valence electrons. The van der Waals surface area contributed by atoms with Crippen LogP contribution in [-0.4, -0.2) is 11.0 Å². The molecule has 0 radical (unpaired) electrons. The van der Waals surface area contributed by atoms with Gasteiger partial charge in [0.05, 0.1) is 0 Å². The van der Waals surface area contributed by atoms with E-state index in [0.717, 1.165) is 0 Å². The van der Waals surface area contributed by atoms with Gasteiger partial charge in [-0.05, 0) is 12.2 Å². The fourth-order valence-electron chi connectivity index (χ4n) is 0.940. The molecule has 0 aliphatic rings. The molecule has 0 aliphatic heterocycles. The lowest BCUT2D eigenvalue weighted by Crippen LogP contribution is -2.44. The first-order chi connectivity index (χ1) is 7.41. The van der Waals surface area contributed by atoms with Crippen LogP contribution in [0.2, 0.25) is 0 Å². The van der Waals surface area contributed by atoms with Crippen molar-refractivity contribution in [1.29, 1.82) is 0 Å². The van der Waals surface area contributed by atoms with Crippen LogP contribution in [0.3, 0.4) is 0 Å². The Morgan fingerprint density at radius 3 is 2.12 bits per heavy atom. The number of nitrogens with two attached hydrogens (primary N) is 1. The number of hydrogen-bond donors (Lipinski definition) is 3. The quantitative estimate of drug-likeness (QED) is 0.503. The Morgan fingerprint density at radius 1 is 1.19 bits per heavy atom. The number of nitrogens with one attached hydrogen (secondary N) is 2. The summed E-state index contributed by atoms with van der Waals surface area (Å²) in [7, 11) is 0. The minimum absolute atomic E-state index is 0.281. The molecule has 0 spiro atoms. The van der Waals surface area contributed by atoms with Gasteiger partial charge in [0.15, 0.2) is 5.11 Å². The van der Waals surface area contributed by atoms with Gasteiger partial charge in [0.2, 0.25) is 0 Å². The maximum Gasteiger partial charge on any atom is 0.275 e. The van der Waals surface area contributed by atoms with Gasteiger partial charge >= 0.3 is 0 Å². The van der Waals surface area contributed by atoms with E-state index in [4.69, 9.17) is 5.73 Å². The lowest BCUT2D eigenvalue weighted by atomic mass is 10.2. The van der Waals surface area contributed by atoms with Crippen LogP contribution >= 0.6 is 12.2 Å². The largest absolute Gasteiger partial charge is 0.375 e. The average Bonchev–Trinajstić information content (AvgIpc) is 2.12. The maximum atomic E-state index is 13.1. The number of carbonyl (C=O) groups is 1. The zero-order valence-corrected chi connectivity index (χ0v) is 8.50. The van der Waals surface area contributed by atoms with E-state index in [0.29, 0.717) is 12.1 Å². The Kier molecular flexibility index (Phi) is 3.67. The molecule has 0 bridgehead atoms. The summed E-state index contributed by atoms with van der Waals surface area (Å²) in [6, 6.07) is 0.775. The van der Waals surface area contributed by atoms with Gasteiger partial charge in [-0.25, -0.2) is 13.2 Å². The molecule has 1 amide bonds. The van der Waals surface area contributed by atoms with Crippen LogP contribution in [0.25, 0.3) is 0 Å². The topological polar surface area (TPSA) is 67.2 Å². The fourth-order valence-corrected chi connectivity index (χ4v) is 0.991. The van der Waals surface area contributed by atoms with Crippen LogP contribution in [0.4, 0.5) is 13.2 Å². The normalized spacial score (nSPS) is 9.69. The summed E-state index contributed by atoms with van der Waals surface area (Å²) in [6.07, 6.45) is 0. The molecule has 1 aromatic carbocycles. The van der Waals surface area contributed by atoms with Gasteiger partial charge in [0.25, 0.3) is 5.91 Å². The van der Waals surface area contributed by atoms with Crippen molar-refractivity contribution < 1.29 is 18.0 Å². The van der Waals surface area contributed by atoms with Gasteiger partial charge in [-0.3, -0.25) is 15.6 Å². The van der Waals surface area contributed by atoms with Crippen LogP contribution in [0, 0.1) is 17.5 Å². The van der Waals surface area contributed by atoms with E-state index in [1.807, 2.05) is 10.9 Å². The van der Waals surface area contributed by atoms with Crippen LogP contribution < -0.4 is 16.6 Å². The Balaban J connectivity index is 2.95. The number of hydrazine groups is 1. The second-order valence-electron chi connectivity index (χ2n) is 2.69. The molecule has 0 saturated heterocycles. The number of carbonyl (C=O) groups excluding carboxylic acids is 1. The zero-order valence-electron chi connectivity index (χ0n) is 7.68. The summed E-state index contributed by atoms with van der Waals surface area (Å²) in [5, 5.41) is -0.281. The monoisotopic (exact) mass is 249 g/mol. The SMILES string of the molecule is NC(=S)NNC(=O)c1c(F)cc(F)cc1F. The molecule has 8 heteroatoms. The van der Waals surface area contributed by atoms with Gasteiger partial charge < -0.3 is 5.73 Å². The summed E-state index contributed by atoms with van der Waals surface area (Å²) in [5.41, 5.74) is 7.89. The van der Waals surface area contributed by atoms with Crippen LogP contribution in [-0.2, 0) is 0 Å². The van der Waals surface area contributed by atoms with Crippen molar-refractivity contribution in [1.82, 2.24) is 10.9 Å². The third-order valence-corrected chi connectivity index (χ3v) is 1.64. The second-order valence-corrected chi connectivity index (χ2v) is 3.13. The van der Waals surface area contributed by atoms with E-state index in [9.17, 15) is 18.0 Å². The lowest BCUT2D eigenvalue weighted by Gasteiger charge is -2.07. The van der Waals surface area contributed by atoms with Gasteiger partial charge in [0, 0.05) is 12.1 Å². The number of benzene rings is 1. The molecule has 0 unspecified atom stereocenters. The Hall–Kier alpha value is -1.83. The van der Waals surface area contributed by atoms with E-state index in [1.54, 1.807) is 0 Å². The number of thiocarbonyl (C=S) groups is 1. The molecule has 0 atom stereocenters. The van der Waals surface area contributed by atoms with Crippen molar-refractivity contribution in [2.75, 3.05) is 0 Å². The van der Waals surface area contributed by atoms with Gasteiger partial charge in [-0.2, -0.15) is 0 Å². The highest BCUT2D eigenvalue weighted by Gasteiger charge is 2.18. The van der Waals surface area contributed by atoms with Crippen molar-refractivity contribution in [3.05, 3.63) is 35.1 Å². The first kappa shape index (κ1) is 12.2. The molecule has 1 aromatic rings. The molecule has 0 fully saturated rings. The van der Waals surface area contributed by atoms with E-state index in [2.05, 4.69) is 12.2 Å². The summed E-state index contributed by atoms with van der Waals surface area (Å²) >= 11 is 4.35. The molecule has 0 heterocycles. The Labute approximate surface area is 93.6 Å². The smallest absolute Gasteiger partial charge is 0.275 e. The average molecular weight is 249 g/mol. The molecule has 0 aromatic heterocycles. The maximum absolute atomic E-state index is 13.1. The third kappa shape index (κ3) is 2.83. The summed E-state index contributed by atoms with van der Waals surface area (Å²) in [6.45, 7) is 0. The molecule has 0 aliphatic carbocycles. The molecule has 1 rings (SSSR count). The predicted octanol–water partition coefficient (Wildman–Crippen LogP) is 0.582. The van der Waals surface area contributed by atoms with Gasteiger partial charge in [0.1, 0.15) is 23.0 Å².